The second kappa shape index (κ2) is 4.33. The Hall–Kier alpha value is -0.870. The summed E-state index contributed by atoms with van der Waals surface area (Å²) in [5, 5.41) is 19.0. The summed E-state index contributed by atoms with van der Waals surface area (Å²) in [6, 6.07) is 7.02. The van der Waals surface area contributed by atoms with E-state index in [0.29, 0.717) is 5.56 Å². The molecule has 0 amide bonds. The molecule has 2 unspecified atom stereocenters. The first-order valence-electron chi connectivity index (χ1n) is 4.57. The van der Waals surface area contributed by atoms with Gasteiger partial charge in [0.05, 0.1) is 11.5 Å². The van der Waals surface area contributed by atoms with Gasteiger partial charge in [-0.1, -0.05) is 28.1 Å². The predicted molar refractivity (Wildman–Crippen MR) is 60.5 cm³/mol. The molecular formula is C11H13BrO3. The van der Waals surface area contributed by atoms with Crippen LogP contribution in [0.3, 0.4) is 0 Å². The first-order chi connectivity index (χ1) is 6.85. The van der Waals surface area contributed by atoms with Crippen LogP contribution in [0.5, 0.6) is 0 Å². The second-order valence-electron chi connectivity index (χ2n) is 3.72. The minimum Gasteiger partial charge on any atom is -0.481 e. The SMILES string of the molecule is CC(C(=O)O)C(C)(O)c1cccc(Br)c1. The van der Waals surface area contributed by atoms with Crippen molar-refractivity contribution in [3.63, 3.8) is 0 Å². The van der Waals surface area contributed by atoms with Crippen molar-refractivity contribution in [2.75, 3.05) is 0 Å². The highest BCUT2D eigenvalue weighted by atomic mass is 79.9. The largest absolute Gasteiger partial charge is 0.481 e. The molecule has 1 rings (SSSR count). The second-order valence-corrected chi connectivity index (χ2v) is 4.63. The van der Waals surface area contributed by atoms with Gasteiger partial charge in [0, 0.05) is 4.47 Å². The summed E-state index contributed by atoms with van der Waals surface area (Å²) in [6.07, 6.45) is 0. The smallest absolute Gasteiger partial charge is 0.309 e. The first kappa shape index (κ1) is 12.2. The van der Waals surface area contributed by atoms with Crippen molar-refractivity contribution >= 4 is 21.9 Å². The lowest BCUT2D eigenvalue weighted by Crippen LogP contribution is -2.35. The molecule has 82 valence electrons. The number of hydrogen-bond donors (Lipinski definition) is 2. The van der Waals surface area contributed by atoms with Gasteiger partial charge >= 0.3 is 5.97 Å². The molecule has 1 aromatic carbocycles. The minimum absolute atomic E-state index is 0.590. The molecule has 0 aromatic heterocycles. The molecule has 0 heterocycles. The van der Waals surface area contributed by atoms with E-state index < -0.39 is 17.5 Å². The fraction of sp³-hybridized carbons (Fsp3) is 0.364. The van der Waals surface area contributed by atoms with Gasteiger partial charge in [0.1, 0.15) is 0 Å². The highest BCUT2D eigenvalue weighted by Gasteiger charge is 2.35. The Morgan fingerprint density at radius 1 is 1.53 bits per heavy atom. The molecule has 0 aliphatic rings. The summed E-state index contributed by atoms with van der Waals surface area (Å²) in [4.78, 5) is 10.8. The van der Waals surface area contributed by atoms with Crippen LogP contribution in [0.4, 0.5) is 0 Å². The van der Waals surface area contributed by atoms with Gasteiger partial charge in [-0.05, 0) is 31.5 Å². The van der Waals surface area contributed by atoms with Crippen molar-refractivity contribution < 1.29 is 15.0 Å². The first-order valence-corrected chi connectivity index (χ1v) is 5.36. The van der Waals surface area contributed by atoms with Gasteiger partial charge in [0.25, 0.3) is 0 Å². The van der Waals surface area contributed by atoms with Crippen molar-refractivity contribution in [1.82, 2.24) is 0 Å². The van der Waals surface area contributed by atoms with Gasteiger partial charge in [0.15, 0.2) is 0 Å². The number of aliphatic carboxylic acids is 1. The number of rotatable bonds is 3. The monoisotopic (exact) mass is 272 g/mol. The molecule has 0 bridgehead atoms. The lowest BCUT2D eigenvalue weighted by atomic mass is 9.84. The van der Waals surface area contributed by atoms with E-state index in [0.717, 1.165) is 4.47 Å². The third kappa shape index (κ3) is 2.58. The summed E-state index contributed by atoms with van der Waals surface area (Å²) in [5.74, 6) is -1.87. The molecule has 0 aliphatic heterocycles. The number of carbonyl (C=O) groups is 1. The summed E-state index contributed by atoms with van der Waals surface area (Å²) < 4.78 is 0.817. The van der Waals surface area contributed by atoms with E-state index in [1.807, 2.05) is 6.07 Å². The highest BCUT2D eigenvalue weighted by molar-refractivity contribution is 9.10. The maximum Gasteiger partial charge on any atom is 0.309 e. The van der Waals surface area contributed by atoms with Crippen LogP contribution in [-0.4, -0.2) is 16.2 Å². The van der Waals surface area contributed by atoms with Crippen LogP contribution in [0.1, 0.15) is 19.4 Å². The number of carboxylic acids is 1. The molecule has 2 atom stereocenters. The average Bonchev–Trinajstić information content (AvgIpc) is 2.16. The molecule has 4 heteroatoms. The van der Waals surface area contributed by atoms with Crippen LogP contribution in [0, 0.1) is 5.92 Å². The van der Waals surface area contributed by atoms with Crippen LogP contribution < -0.4 is 0 Å². The van der Waals surface area contributed by atoms with Gasteiger partial charge < -0.3 is 10.2 Å². The third-order valence-corrected chi connectivity index (χ3v) is 3.12. The molecule has 0 spiro atoms. The van der Waals surface area contributed by atoms with Gasteiger partial charge in [-0.15, -0.1) is 0 Å². The fourth-order valence-corrected chi connectivity index (χ4v) is 1.69. The third-order valence-electron chi connectivity index (χ3n) is 2.62. The summed E-state index contributed by atoms with van der Waals surface area (Å²) in [6.45, 7) is 3.00. The Labute approximate surface area is 96.9 Å². The molecule has 0 aliphatic carbocycles. The Kier molecular flexibility index (Phi) is 3.52. The fourth-order valence-electron chi connectivity index (χ4n) is 1.29. The molecule has 2 N–H and O–H groups in total. The molecule has 0 saturated carbocycles. The van der Waals surface area contributed by atoms with Crippen molar-refractivity contribution in [2.24, 2.45) is 5.92 Å². The van der Waals surface area contributed by atoms with E-state index in [4.69, 9.17) is 5.11 Å². The van der Waals surface area contributed by atoms with Crippen LogP contribution in [0.2, 0.25) is 0 Å². The number of hydrogen-bond acceptors (Lipinski definition) is 2. The molecule has 0 saturated heterocycles. The molecule has 0 fully saturated rings. The van der Waals surface area contributed by atoms with E-state index in [2.05, 4.69) is 15.9 Å². The number of carboxylic acid groups (broad SMARTS) is 1. The number of halogens is 1. The van der Waals surface area contributed by atoms with E-state index in [-0.39, 0.29) is 0 Å². The maximum absolute atomic E-state index is 10.8. The molecule has 3 nitrogen and oxygen atoms in total. The van der Waals surface area contributed by atoms with Gasteiger partial charge in [-0.2, -0.15) is 0 Å². The van der Waals surface area contributed by atoms with E-state index >= 15 is 0 Å². The predicted octanol–water partition coefficient (Wildman–Crippen LogP) is 2.38. The van der Waals surface area contributed by atoms with Crippen LogP contribution >= 0.6 is 15.9 Å². The number of aliphatic hydroxyl groups is 1. The summed E-state index contributed by atoms with van der Waals surface area (Å²) >= 11 is 3.28. The average molecular weight is 273 g/mol. The number of benzene rings is 1. The molecule has 15 heavy (non-hydrogen) atoms. The van der Waals surface area contributed by atoms with Crippen LogP contribution in [-0.2, 0) is 10.4 Å². The summed E-state index contributed by atoms with van der Waals surface area (Å²) in [7, 11) is 0. The lowest BCUT2D eigenvalue weighted by molar-refractivity contribution is -0.150. The molecular weight excluding hydrogens is 260 g/mol. The zero-order valence-corrected chi connectivity index (χ0v) is 10.2. The zero-order valence-electron chi connectivity index (χ0n) is 8.57. The Balaban J connectivity index is 3.10. The Bertz CT molecular complexity index is 374. The Morgan fingerprint density at radius 3 is 2.60 bits per heavy atom. The maximum atomic E-state index is 10.8. The normalized spacial score (nSPS) is 16.8. The van der Waals surface area contributed by atoms with Gasteiger partial charge in [-0.25, -0.2) is 0 Å². The quantitative estimate of drug-likeness (QED) is 0.888. The molecule has 0 radical (unpaired) electrons. The van der Waals surface area contributed by atoms with Crippen molar-refractivity contribution in [3.8, 4) is 0 Å². The minimum atomic E-state index is -1.37. The van der Waals surface area contributed by atoms with E-state index in [1.54, 1.807) is 18.2 Å². The highest BCUT2D eigenvalue weighted by Crippen LogP contribution is 2.30. The van der Waals surface area contributed by atoms with Crippen LogP contribution in [0.25, 0.3) is 0 Å². The van der Waals surface area contributed by atoms with E-state index in [9.17, 15) is 9.90 Å². The lowest BCUT2D eigenvalue weighted by Gasteiger charge is -2.28. The Morgan fingerprint density at radius 2 is 2.13 bits per heavy atom. The van der Waals surface area contributed by atoms with E-state index in [1.165, 1.54) is 13.8 Å². The topological polar surface area (TPSA) is 57.5 Å². The van der Waals surface area contributed by atoms with Crippen LogP contribution in [0.15, 0.2) is 28.7 Å². The van der Waals surface area contributed by atoms with Crippen molar-refractivity contribution in [2.45, 2.75) is 19.4 Å². The zero-order chi connectivity index (χ0) is 11.6. The standard InChI is InChI=1S/C11H13BrO3/c1-7(10(13)14)11(2,15)8-4-3-5-9(12)6-8/h3-7,15H,1-2H3,(H,13,14). The van der Waals surface area contributed by atoms with Gasteiger partial charge in [0.2, 0.25) is 0 Å². The molecule has 1 aromatic rings. The van der Waals surface area contributed by atoms with Crippen molar-refractivity contribution in [1.29, 1.82) is 0 Å². The van der Waals surface area contributed by atoms with Gasteiger partial charge in [-0.3, -0.25) is 4.79 Å². The summed E-state index contributed by atoms with van der Waals surface area (Å²) in [5.41, 5.74) is -0.776. The van der Waals surface area contributed by atoms with Crippen molar-refractivity contribution in [3.05, 3.63) is 34.3 Å².